The third-order valence-electron chi connectivity index (χ3n) is 3.08. The largest absolute Gasteiger partial charge is 0.478 e. The summed E-state index contributed by atoms with van der Waals surface area (Å²) < 4.78 is 77.1. The predicted molar refractivity (Wildman–Crippen MR) is 77.0 cm³/mol. The first-order valence-electron chi connectivity index (χ1n) is 7.07. The van der Waals surface area contributed by atoms with Crippen molar-refractivity contribution in [3.63, 3.8) is 0 Å². The number of halogens is 4. The minimum Gasteiger partial charge on any atom is -0.478 e. The number of nitrogens with one attached hydrogen (secondary N) is 1. The number of carboxylic acid groups (broad SMARTS) is 1. The quantitative estimate of drug-likeness (QED) is 0.241. The lowest BCUT2D eigenvalue weighted by atomic mass is 10.1. The summed E-state index contributed by atoms with van der Waals surface area (Å²) in [6, 6.07) is -5.27. The lowest BCUT2D eigenvalue weighted by Crippen LogP contribution is -2.56. The molecule has 0 amide bonds. The van der Waals surface area contributed by atoms with Crippen LogP contribution in [0.5, 0.6) is 0 Å². The van der Waals surface area contributed by atoms with E-state index in [1.54, 1.807) is 0 Å². The molecule has 23 heavy (non-hydrogen) atoms. The molecule has 0 radical (unpaired) electrons. The van der Waals surface area contributed by atoms with Gasteiger partial charge in [-0.25, -0.2) is 13.2 Å². The van der Waals surface area contributed by atoms with Gasteiger partial charge in [-0.1, -0.05) is 45.6 Å². The standard InChI is InChI=1S/C13H21F4NO4S/c1-3-4-5-6-7-8-9-23(21,22)18-13(16,17)12(14,15)10(2)11(19)20/h18H,2-9H2,1H3,(H,19,20). The molecule has 0 fully saturated rings. The molecule has 0 heterocycles. The van der Waals surface area contributed by atoms with E-state index in [1.807, 2.05) is 6.92 Å². The van der Waals surface area contributed by atoms with Gasteiger partial charge in [0.05, 0.1) is 5.75 Å². The SMILES string of the molecule is C=C(C(=O)O)C(F)(F)C(F)(F)NS(=O)(=O)CCCCCCCC. The zero-order valence-corrected chi connectivity index (χ0v) is 13.6. The topological polar surface area (TPSA) is 83.5 Å². The second-order valence-corrected chi connectivity index (χ2v) is 6.96. The van der Waals surface area contributed by atoms with Gasteiger partial charge in [-0.3, -0.25) is 0 Å². The van der Waals surface area contributed by atoms with E-state index in [-0.39, 0.29) is 6.42 Å². The summed E-state index contributed by atoms with van der Waals surface area (Å²) in [6.07, 6.45) is 4.04. The molecular formula is C13H21F4NO4S. The zero-order chi connectivity index (χ0) is 18.3. The number of hydrogen-bond acceptors (Lipinski definition) is 3. The highest BCUT2D eigenvalue weighted by Gasteiger charge is 2.61. The van der Waals surface area contributed by atoms with Crippen molar-refractivity contribution in [1.82, 2.24) is 4.72 Å². The van der Waals surface area contributed by atoms with Crippen LogP contribution in [0.2, 0.25) is 0 Å². The van der Waals surface area contributed by atoms with Crippen LogP contribution >= 0.6 is 0 Å². The van der Waals surface area contributed by atoms with E-state index in [9.17, 15) is 30.8 Å². The fraction of sp³-hybridized carbons (Fsp3) is 0.769. The van der Waals surface area contributed by atoms with Crippen molar-refractivity contribution in [2.75, 3.05) is 5.75 Å². The molecule has 0 aromatic rings. The van der Waals surface area contributed by atoms with Gasteiger partial charge in [0.1, 0.15) is 5.57 Å². The number of sulfonamides is 1. The molecule has 0 bridgehead atoms. The molecule has 0 saturated carbocycles. The van der Waals surface area contributed by atoms with Gasteiger partial charge in [0.2, 0.25) is 10.0 Å². The average Bonchev–Trinajstić information content (AvgIpc) is 2.40. The summed E-state index contributed by atoms with van der Waals surface area (Å²) in [6.45, 7) is 4.35. The van der Waals surface area contributed by atoms with Crippen LogP contribution in [0.4, 0.5) is 17.6 Å². The molecule has 0 aliphatic heterocycles. The molecule has 2 N–H and O–H groups in total. The fourth-order valence-electron chi connectivity index (χ4n) is 1.71. The number of rotatable bonds is 12. The second kappa shape index (κ2) is 8.62. The maximum absolute atomic E-state index is 13.4. The molecule has 0 saturated heterocycles. The van der Waals surface area contributed by atoms with Crippen LogP contribution in [0.1, 0.15) is 45.4 Å². The van der Waals surface area contributed by atoms with Gasteiger partial charge < -0.3 is 5.11 Å². The van der Waals surface area contributed by atoms with Crippen LogP contribution in [0.25, 0.3) is 0 Å². The first kappa shape index (κ1) is 21.8. The predicted octanol–water partition coefficient (Wildman–Crippen LogP) is 3.14. The Morgan fingerprint density at radius 1 is 1.09 bits per heavy atom. The van der Waals surface area contributed by atoms with Crippen LogP contribution in [0, 0.1) is 0 Å². The van der Waals surface area contributed by atoms with E-state index >= 15 is 0 Å². The highest BCUT2D eigenvalue weighted by Crippen LogP contribution is 2.38. The van der Waals surface area contributed by atoms with Gasteiger partial charge in [-0.05, 0) is 6.42 Å². The molecular weight excluding hydrogens is 342 g/mol. The maximum Gasteiger partial charge on any atom is 0.382 e. The smallest absolute Gasteiger partial charge is 0.382 e. The van der Waals surface area contributed by atoms with Gasteiger partial charge in [-0.2, -0.15) is 17.6 Å². The third kappa shape index (κ3) is 6.86. The van der Waals surface area contributed by atoms with Crippen LogP contribution in [-0.2, 0) is 14.8 Å². The van der Waals surface area contributed by atoms with Gasteiger partial charge in [0, 0.05) is 0 Å². The number of carboxylic acids is 1. The second-order valence-electron chi connectivity index (χ2n) is 5.12. The summed E-state index contributed by atoms with van der Waals surface area (Å²) >= 11 is 0. The molecule has 0 spiro atoms. The van der Waals surface area contributed by atoms with Crippen LogP contribution in [-0.4, -0.2) is 37.2 Å². The molecule has 0 aliphatic rings. The van der Waals surface area contributed by atoms with E-state index in [0.29, 0.717) is 17.6 Å². The van der Waals surface area contributed by atoms with E-state index < -0.39 is 39.3 Å². The van der Waals surface area contributed by atoms with E-state index in [0.717, 1.165) is 19.3 Å². The highest BCUT2D eigenvalue weighted by atomic mass is 32.2. The molecule has 0 rings (SSSR count). The Morgan fingerprint density at radius 3 is 2.04 bits per heavy atom. The van der Waals surface area contributed by atoms with Crippen LogP contribution in [0.15, 0.2) is 12.2 Å². The first-order chi connectivity index (χ1) is 10.4. The van der Waals surface area contributed by atoms with Gasteiger partial charge in [0.25, 0.3) is 0 Å². The minimum atomic E-state index is -5.27. The Morgan fingerprint density at radius 2 is 1.57 bits per heavy atom. The Hall–Kier alpha value is -1.16. The number of alkyl halides is 4. The summed E-state index contributed by atoms with van der Waals surface area (Å²) in [5, 5.41) is 8.33. The van der Waals surface area contributed by atoms with E-state index in [4.69, 9.17) is 5.11 Å². The Labute approximate surface area is 132 Å². The van der Waals surface area contributed by atoms with Crippen LogP contribution in [0.3, 0.4) is 0 Å². The van der Waals surface area contributed by atoms with Crippen molar-refractivity contribution in [3.8, 4) is 0 Å². The number of unbranched alkanes of at least 4 members (excludes halogenated alkanes) is 5. The lowest BCUT2D eigenvalue weighted by molar-refractivity contribution is -0.196. The Kier molecular flexibility index (Phi) is 8.19. The van der Waals surface area contributed by atoms with Crippen molar-refractivity contribution in [2.45, 2.75) is 57.4 Å². The Balaban J connectivity index is 4.68. The average molecular weight is 363 g/mol. The van der Waals surface area contributed by atoms with Gasteiger partial charge in [0.15, 0.2) is 0 Å². The summed E-state index contributed by atoms with van der Waals surface area (Å²) in [5.74, 6) is -8.33. The lowest BCUT2D eigenvalue weighted by Gasteiger charge is -2.26. The van der Waals surface area contributed by atoms with Gasteiger partial charge >= 0.3 is 17.9 Å². The van der Waals surface area contributed by atoms with E-state index in [2.05, 4.69) is 6.58 Å². The van der Waals surface area contributed by atoms with Crippen molar-refractivity contribution >= 4 is 16.0 Å². The molecule has 0 aromatic heterocycles. The van der Waals surface area contributed by atoms with Gasteiger partial charge in [-0.15, -0.1) is 4.72 Å². The highest BCUT2D eigenvalue weighted by molar-refractivity contribution is 7.89. The van der Waals surface area contributed by atoms with Crippen molar-refractivity contribution < 1.29 is 35.9 Å². The van der Waals surface area contributed by atoms with Crippen molar-refractivity contribution in [1.29, 1.82) is 0 Å². The number of carbonyl (C=O) groups is 1. The van der Waals surface area contributed by atoms with Crippen molar-refractivity contribution in [2.24, 2.45) is 0 Å². The summed E-state index contributed by atoms with van der Waals surface area (Å²) in [5.41, 5.74) is -2.09. The van der Waals surface area contributed by atoms with E-state index in [1.165, 1.54) is 0 Å². The Bertz CT molecular complexity index is 520. The fourth-order valence-corrected chi connectivity index (χ4v) is 2.91. The third-order valence-corrected chi connectivity index (χ3v) is 4.48. The van der Waals surface area contributed by atoms with Crippen LogP contribution < -0.4 is 4.72 Å². The zero-order valence-electron chi connectivity index (χ0n) is 12.7. The summed E-state index contributed by atoms with van der Waals surface area (Å²) in [4.78, 5) is 10.4. The minimum absolute atomic E-state index is 0.0422. The monoisotopic (exact) mass is 363 g/mol. The number of aliphatic carboxylic acids is 1. The normalized spacial score (nSPS) is 13.1. The van der Waals surface area contributed by atoms with Crippen molar-refractivity contribution in [3.05, 3.63) is 12.2 Å². The molecule has 0 atom stereocenters. The molecule has 136 valence electrons. The molecule has 5 nitrogen and oxygen atoms in total. The maximum atomic E-state index is 13.4. The molecule has 0 unspecified atom stereocenters. The molecule has 10 heteroatoms. The molecule has 0 aromatic carbocycles. The summed E-state index contributed by atoms with van der Waals surface area (Å²) in [7, 11) is -4.69. The first-order valence-corrected chi connectivity index (χ1v) is 8.72. The molecule has 0 aliphatic carbocycles. The number of hydrogen-bond donors (Lipinski definition) is 2.